The minimum Gasteiger partial charge on any atom is -0.494 e. The van der Waals surface area contributed by atoms with Crippen molar-refractivity contribution in [2.45, 2.75) is 32.5 Å². The molecular formula is C27H30F2N4O4. The molecule has 2 aromatic carbocycles. The van der Waals surface area contributed by atoms with Crippen LogP contribution >= 0.6 is 0 Å². The number of aromatic nitrogens is 1. The third kappa shape index (κ3) is 6.08. The Morgan fingerprint density at radius 3 is 2.19 bits per heavy atom. The van der Waals surface area contributed by atoms with Crippen LogP contribution in [0.5, 0.6) is 17.2 Å². The molecule has 0 spiro atoms. The highest BCUT2D eigenvalue weighted by molar-refractivity contribution is 6.03. The van der Waals surface area contributed by atoms with Crippen molar-refractivity contribution in [3.8, 4) is 17.2 Å². The maximum absolute atomic E-state index is 14.5. The Bertz CT molecular complexity index is 1200. The van der Waals surface area contributed by atoms with Gasteiger partial charge in [0.2, 0.25) is 0 Å². The number of carbonyl (C=O) groups is 1. The summed E-state index contributed by atoms with van der Waals surface area (Å²) in [6.07, 6.45) is 1.36. The number of ether oxygens (including phenoxy) is 3. The standard InChI is InChI=1S/C27H30F2N4O4/c1-16-13-33(14-17(2)31-16)19-7-5-18(6-8-19)27(34)32-24-10-9-20(12-30-24)37-15-21-25(28)22(35-3)11-23(36-4)26(21)29/h5-12,16-17,31H,13-15H2,1-4H3,(H,30,32,34)/t16-,17+. The second-order valence-corrected chi connectivity index (χ2v) is 8.93. The fraction of sp³-hybridized carbons (Fsp3) is 0.333. The van der Waals surface area contributed by atoms with Crippen molar-refractivity contribution >= 4 is 17.4 Å². The summed E-state index contributed by atoms with van der Waals surface area (Å²) < 4.78 is 44.4. The molecule has 2 atom stereocenters. The predicted molar refractivity (Wildman–Crippen MR) is 137 cm³/mol. The predicted octanol–water partition coefficient (Wildman–Crippen LogP) is 4.39. The van der Waals surface area contributed by atoms with Crippen molar-refractivity contribution in [3.05, 3.63) is 71.4 Å². The third-order valence-corrected chi connectivity index (χ3v) is 6.08. The zero-order chi connectivity index (χ0) is 26.5. The summed E-state index contributed by atoms with van der Waals surface area (Å²) in [6.45, 7) is 5.70. The number of hydrogen-bond donors (Lipinski definition) is 2. The molecule has 0 unspecified atom stereocenters. The Balaban J connectivity index is 1.36. The minimum atomic E-state index is -0.871. The Hall–Kier alpha value is -3.92. The van der Waals surface area contributed by atoms with Crippen LogP contribution in [0.4, 0.5) is 20.3 Å². The van der Waals surface area contributed by atoms with Gasteiger partial charge in [-0.15, -0.1) is 0 Å². The maximum atomic E-state index is 14.5. The normalized spacial score (nSPS) is 17.3. The van der Waals surface area contributed by atoms with E-state index in [1.165, 1.54) is 20.4 Å². The van der Waals surface area contributed by atoms with E-state index in [4.69, 9.17) is 14.2 Å². The van der Waals surface area contributed by atoms with E-state index in [0.29, 0.717) is 23.5 Å². The molecule has 0 radical (unpaired) electrons. The summed E-state index contributed by atoms with van der Waals surface area (Å²) in [4.78, 5) is 19.2. The van der Waals surface area contributed by atoms with Gasteiger partial charge in [-0.25, -0.2) is 13.8 Å². The Morgan fingerprint density at radius 2 is 1.65 bits per heavy atom. The molecule has 0 saturated carbocycles. The molecule has 2 heterocycles. The van der Waals surface area contributed by atoms with Crippen LogP contribution in [0.1, 0.15) is 29.8 Å². The monoisotopic (exact) mass is 512 g/mol. The number of pyridine rings is 1. The van der Waals surface area contributed by atoms with Gasteiger partial charge in [0, 0.05) is 42.5 Å². The highest BCUT2D eigenvalue weighted by Gasteiger charge is 2.22. The fourth-order valence-corrected chi connectivity index (χ4v) is 4.31. The highest BCUT2D eigenvalue weighted by Crippen LogP contribution is 2.32. The molecule has 0 aliphatic carbocycles. The number of piperazine rings is 1. The molecule has 8 nitrogen and oxygen atoms in total. The molecule has 4 rings (SSSR count). The minimum absolute atomic E-state index is 0.155. The van der Waals surface area contributed by atoms with Gasteiger partial charge in [0.05, 0.1) is 26.0 Å². The van der Waals surface area contributed by atoms with Gasteiger partial charge < -0.3 is 29.7 Å². The Morgan fingerprint density at radius 1 is 1.03 bits per heavy atom. The summed E-state index contributed by atoms with van der Waals surface area (Å²) in [6, 6.07) is 12.5. The van der Waals surface area contributed by atoms with E-state index < -0.39 is 18.2 Å². The molecule has 1 aliphatic heterocycles. The molecule has 196 valence electrons. The van der Waals surface area contributed by atoms with Crippen LogP contribution in [0.2, 0.25) is 0 Å². The average molecular weight is 513 g/mol. The van der Waals surface area contributed by atoms with Gasteiger partial charge in [0.25, 0.3) is 5.91 Å². The van der Waals surface area contributed by atoms with Crippen LogP contribution in [0.15, 0.2) is 48.7 Å². The summed E-state index contributed by atoms with van der Waals surface area (Å²) in [7, 11) is 2.55. The van der Waals surface area contributed by atoms with Crippen molar-refractivity contribution in [2.24, 2.45) is 0 Å². The first-order chi connectivity index (χ1) is 17.8. The van der Waals surface area contributed by atoms with Gasteiger partial charge >= 0.3 is 0 Å². The number of nitrogens with one attached hydrogen (secondary N) is 2. The van der Waals surface area contributed by atoms with Crippen molar-refractivity contribution in [2.75, 3.05) is 37.5 Å². The van der Waals surface area contributed by atoms with Crippen LogP contribution in [-0.4, -0.2) is 50.3 Å². The lowest BCUT2D eigenvalue weighted by Gasteiger charge is -2.37. The Kier molecular flexibility index (Phi) is 8.08. The van der Waals surface area contributed by atoms with Crippen molar-refractivity contribution < 1.29 is 27.8 Å². The first-order valence-corrected chi connectivity index (χ1v) is 11.9. The molecule has 1 aromatic heterocycles. The number of amides is 1. The van der Waals surface area contributed by atoms with E-state index in [9.17, 15) is 13.6 Å². The van der Waals surface area contributed by atoms with E-state index >= 15 is 0 Å². The molecule has 37 heavy (non-hydrogen) atoms. The number of halogens is 2. The van der Waals surface area contributed by atoms with Gasteiger partial charge in [0.15, 0.2) is 23.1 Å². The van der Waals surface area contributed by atoms with Gasteiger partial charge in [-0.1, -0.05) is 0 Å². The number of carbonyl (C=O) groups excluding carboxylic acids is 1. The number of anilines is 2. The maximum Gasteiger partial charge on any atom is 0.256 e. The van der Waals surface area contributed by atoms with E-state index in [1.54, 1.807) is 24.3 Å². The average Bonchev–Trinajstić information content (AvgIpc) is 2.89. The van der Waals surface area contributed by atoms with Gasteiger partial charge in [-0.2, -0.15) is 0 Å². The van der Waals surface area contributed by atoms with E-state index in [-0.39, 0.29) is 28.7 Å². The van der Waals surface area contributed by atoms with Gasteiger partial charge in [0.1, 0.15) is 18.2 Å². The van der Waals surface area contributed by atoms with Crippen LogP contribution in [0.25, 0.3) is 0 Å². The molecule has 1 fully saturated rings. The van der Waals surface area contributed by atoms with Crippen LogP contribution in [0, 0.1) is 11.6 Å². The summed E-state index contributed by atoms with van der Waals surface area (Å²) in [5, 5.41) is 6.24. The largest absolute Gasteiger partial charge is 0.494 e. The topological polar surface area (TPSA) is 85.0 Å². The highest BCUT2D eigenvalue weighted by atomic mass is 19.1. The zero-order valence-electron chi connectivity index (χ0n) is 21.2. The molecule has 10 heteroatoms. The fourth-order valence-electron chi connectivity index (χ4n) is 4.31. The Labute approximate surface area is 214 Å². The molecule has 1 aliphatic rings. The molecule has 0 bridgehead atoms. The summed E-state index contributed by atoms with van der Waals surface area (Å²) >= 11 is 0. The molecule has 1 amide bonds. The lowest BCUT2D eigenvalue weighted by atomic mass is 10.1. The van der Waals surface area contributed by atoms with Gasteiger partial charge in [-0.05, 0) is 50.2 Å². The van der Waals surface area contributed by atoms with Crippen molar-refractivity contribution in [3.63, 3.8) is 0 Å². The lowest BCUT2D eigenvalue weighted by Crippen LogP contribution is -2.54. The van der Waals surface area contributed by atoms with Gasteiger partial charge in [-0.3, -0.25) is 4.79 Å². The number of rotatable bonds is 8. The summed E-state index contributed by atoms with van der Waals surface area (Å²) in [5.74, 6) is -1.78. The third-order valence-electron chi connectivity index (χ3n) is 6.08. The first kappa shape index (κ1) is 26.2. The van der Waals surface area contributed by atoms with Crippen LogP contribution in [-0.2, 0) is 6.61 Å². The molecule has 1 saturated heterocycles. The second-order valence-electron chi connectivity index (χ2n) is 8.93. The number of benzene rings is 2. The zero-order valence-corrected chi connectivity index (χ0v) is 21.2. The summed E-state index contributed by atoms with van der Waals surface area (Å²) in [5.41, 5.74) is 1.24. The van der Waals surface area contributed by atoms with E-state index in [1.807, 2.05) is 12.1 Å². The van der Waals surface area contributed by atoms with E-state index in [0.717, 1.165) is 24.8 Å². The molecule has 3 aromatic rings. The molecular weight excluding hydrogens is 482 g/mol. The number of nitrogens with zero attached hydrogens (tertiary/aromatic N) is 2. The first-order valence-electron chi connectivity index (χ1n) is 11.9. The van der Waals surface area contributed by atoms with Crippen LogP contribution in [0.3, 0.4) is 0 Å². The quantitative estimate of drug-likeness (QED) is 0.463. The van der Waals surface area contributed by atoms with Crippen LogP contribution < -0.4 is 29.7 Å². The lowest BCUT2D eigenvalue weighted by molar-refractivity contribution is 0.102. The van der Waals surface area contributed by atoms with Crippen molar-refractivity contribution in [1.29, 1.82) is 0 Å². The number of hydrogen-bond acceptors (Lipinski definition) is 7. The smallest absolute Gasteiger partial charge is 0.256 e. The van der Waals surface area contributed by atoms with E-state index in [2.05, 4.69) is 34.4 Å². The number of methoxy groups -OCH3 is 2. The van der Waals surface area contributed by atoms with Crippen molar-refractivity contribution in [1.82, 2.24) is 10.3 Å². The SMILES string of the molecule is COc1cc(OC)c(F)c(COc2ccc(NC(=O)c3ccc(N4C[C@@H](C)N[C@@H](C)C4)cc3)nc2)c1F. The second kappa shape index (κ2) is 11.4. The molecule has 2 N–H and O–H groups in total.